The highest BCUT2D eigenvalue weighted by molar-refractivity contribution is 5.69. The van der Waals surface area contributed by atoms with Crippen LogP contribution in [0.3, 0.4) is 0 Å². The molecular formula is C15H21F3N2. The van der Waals surface area contributed by atoms with Crippen molar-refractivity contribution in [3.8, 4) is 0 Å². The second-order valence-electron chi connectivity index (χ2n) is 5.59. The Kier molecular flexibility index (Phi) is 4.45. The fourth-order valence-corrected chi connectivity index (χ4v) is 2.88. The Bertz CT molecular complexity index is 443. The predicted octanol–water partition coefficient (Wildman–Crippen LogP) is 4.29. The first kappa shape index (κ1) is 15.0. The highest BCUT2D eigenvalue weighted by Crippen LogP contribution is 2.39. The van der Waals surface area contributed by atoms with Crippen LogP contribution in [0.4, 0.5) is 24.5 Å². The number of hydrogen-bond donors (Lipinski definition) is 1. The molecule has 0 radical (unpaired) electrons. The van der Waals surface area contributed by atoms with E-state index in [1.807, 2.05) is 43.3 Å². The minimum atomic E-state index is -4.12. The maximum absolute atomic E-state index is 13.1. The van der Waals surface area contributed by atoms with E-state index in [2.05, 4.69) is 5.32 Å². The molecule has 0 aromatic heterocycles. The SMILES string of the molecule is CN(C)c1ccccc1NC1CCCCC1C(F)(F)F. The van der Waals surface area contributed by atoms with Gasteiger partial charge in [-0.3, -0.25) is 0 Å². The maximum Gasteiger partial charge on any atom is 0.393 e. The monoisotopic (exact) mass is 286 g/mol. The fourth-order valence-electron chi connectivity index (χ4n) is 2.88. The molecule has 1 saturated carbocycles. The van der Waals surface area contributed by atoms with Gasteiger partial charge in [0.05, 0.1) is 17.3 Å². The van der Waals surface area contributed by atoms with E-state index in [0.29, 0.717) is 12.8 Å². The molecule has 0 spiro atoms. The summed E-state index contributed by atoms with van der Waals surface area (Å²) in [4.78, 5) is 1.91. The third-order valence-electron chi connectivity index (χ3n) is 3.91. The number of nitrogens with zero attached hydrogens (tertiary/aromatic N) is 1. The van der Waals surface area contributed by atoms with Gasteiger partial charge in [0.15, 0.2) is 0 Å². The minimum Gasteiger partial charge on any atom is -0.380 e. The van der Waals surface area contributed by atoms with Gasteiger partial charge in [0, 0.05) is 20.1 Å². The zero-order valence-corrected chi connectivity index (χ0v) is 11.9. The topological polar surface area (TPSA) is 15.3 Å². The summed E-state index contributed by atoms with van der Waals surface area (Å²) in [6, 6.07) is 6.97. The van der Waals surface area contributed by atoms with Crippen LogP contribution in [-0.4, -0.2) is 26.3 Å². The van der Waals surface area contributed by atoms with E-state index in [9.17, 15) is 13.2 Å². The van der Waals surface area contributed by atoms with Gasteiger partial charge in [-0.05, 0) is 25.0 Å². The van der Waals surface area contributed by atoms with E-state index < -0.39 is 18.1 Å². The third-order valence-corrected chi connectivity index (χ3v) is 3.91. The number of hydrogen-bond acceptors (Lipinski definition) is 2. The van der Waals surface area contributed by atoms with Gasteiger partial charge in [-0.2, -0.15) is 13.2 Å². The number of nitrogens with one attached hydrogen (secondary N) is 1. The number of benzene rings is 1. The van der Waals surface area contributed by atoms with Crippen molar-refractivity contribution in [2.24, 2.45) is 5.92 Å². The van der Waals surface area contributed by atoms with Crippen molar-refractivity contribution in [3.05, 3.63) is 24.3 Å². The van der Waals surface area contributed by atoms with E-state index >= 15 is 0 Å². The lowest BCUT2D eigenvalue weighted by atomic mass is 9.84. The summed E-state index contributed by atoms with van der Waals surface area (Å²) in [7, 11) is 3.78. The Morgan fingerprint density at radius 3 is 2.40 bits per heavy atom. The Morgan fingerprint density at radius 2 is 1.75 bits per heavy atom. The van der Waals surface area contributed by atoms with Crippen LogP contribution in [0.2, 0.25) is 0 Å². The second-order valence-corrected chi connectivity index (χ2v) is 5.59. The second kappa shape index (κ2) is 5.94. The molecule has 5 heteroatoms. The summed E-state index contributed by atoms with van der Waals surface area (Å²) in [6.45, 7) is 0. The highest BCUT2D eigenvalue weighted by atomic mass is 19.4. The molecule has 2 unspecified atom stereocenters. The average molecular weight is 286 g/mol. The highest BCUT2D eigenvalue weighted by Gasteiger charge is 2.45. The van der Waals surface area contributed by atoms with Gasteiger partial charge in [0.1, 0.15) is 0 Å². The zero-order valence-electron chi connectivity index (χ0n) is 11.9. The molecule has 112 valence electrons. The van der Waals surface area contributed by atoms with Gasteiger partial charge in [0.25, 0.3) is 0 Å². The van der Waals surface area contributed by atoms with Crippen molar-refractivity contribution >= 4 is 11.4 Å². The van der Waals surface area contributed by atoms with Gasteiger partial charge in [-0.1, -0.05) is 25.0 Å². The molecule has 2 atom stereocenters. The average Bonchev–Trinajstić information content (AvgIpc) is 2.38. The quantitative estimate of drug-likeness (QED) is 0.892. The predicted molar refractivity (Wildman–Crippen MR) is 76.2 cm³/mol. The lowest BCUT2D eigenvalue weighted by Crippen LogP contribution is -2.41. The van der Waals surface area contributed by atoms with Crippen molar-refractivity contribution < 1.29 is 13.2 Å². The van der Waals surface area contributed by atoms with E-state index in [-0.39, 0.29) is 6.42 Å². The molecular weight excluding hydrogens is 265 g/mol. The van der Waals surface area contributed by atoms with Crippen molar-refractivity contribution in [3.63, 3.8) is 0 Å². The van der Waals surface area contributed by atoms with Crippen LogP contribution in [0.5, 0.6) is 0 Å². The Balaban J connectivity index is 2.19. The van der Waals surface area contributed by atoms with Crippen molar-refractivity contribution in [2.75, 3.05) is 24.3 Å². The van der Waals surface area contributed by atoms with Crippen molar-refractivity contribution in [1.82, 2.24) is 0 Å². The molecule has 20 heavy (non-hydrogen) atoms. The van der Waals surface area contributed by atoms with Crippen LogP contribution in [0.25, 0.3) is 0 Å². The first-order valence-corrected chi connectivity index (χ1v) is 6.99. The van der Waals surface area contributed by atoms with Crippen molar-refractivity contribution in [1.29, 1.82) is 0 Å². The van der Waals surface area contributed by atoms with Gasteiger partial charge < -0.3 is 10.2 Å². The van der Waals surface area contributed by atoms with Gasteiger partial charge >= 0.3 is 6.18 Å². The molecule has 1 aromatic rings. The van der Waals surface area contributed by atoms with Crippen LogP contribution in [0.15, 0.2) is 24.3 Å². The van der Waals surface area contributed by atoms with Crippen LogP contribution in [0, 0.1) is 5.92 Å². The lowest BCUT2D eigenvalue weighted by molar-refractivity contribution is -0.184. The Labute approximate surface area is 118 Å². The summed E-state index contributed by atoms with van der Waals surface area (Å²) in [5.74, 6) is -1.24. The normalized spacial score (nSPS) is 23.4. The molecule has 1 aliphatic rings. The molecule has 1 fully saturated rings. The molecule has 2 nitrogen and oxygen atoms in total. The molecule has 0 bridgehead atoms. The van der Waals surface area contributed by atoms with Crippen molar-refractivity contribution in [2.45, 2.75) is 37.9 Å². The third kappa shape index (κ3) is 3.38. The number of anilines is 2. The van der Waals surface area contributed by atoms with Gasteiger partial charge in [-0.15, -0.1) is 0 Å². The number of rotatable bonds is 3. The number of alkyl halides is 3. The van der Waals surface area contributed by atoms with E-state index in [0.717, 1.165) is 17.8 Å². The van der Waals surface area contributed by atoms with E-state index in [4.69, 9.17) is 0 Å². The molecule has 1 aromatic carbocycles. The van der Waals surface area contributed by atoms with Crippen LogP contribution < -0.4 is 10.2 Å². The largest absolute Gasteiger partial charge is 0.393 e. The Hall–Kier alpha value is -1.39. The molecule has 1 aliphatic carbocycles. The van der Waals surface area contributed by atoms with Crippen LogP contribution >= 0.6 is 0 Å². The smallest absolute Gasteiger partial charge is 0.380 e. The minimum absolute atomic E-state index is 0.227. The molecule has 1 N–H and O–H groups in total. The first-order valence-electron chi connectivity index (χ1n) is 6.99. The molecule has 2 rings (SSSR count). The maximum atomic E-state index is 13.1. The molecule has 0 saturated heterocycles. The van der Waals surface area contributed by atoms with Crippen LogP contribution in [0.1, 0.15) is 25.7 Å². The summed E-state index contributed by atoms with van der Waals surface area (Å²) < 4.78 is 39.3. The molecule has 0 amide bonds. The standard InChI is InChI=1S/C15H21F3N2/c1-20(2)14-10-6-5-9-13(14)19-12-8-4-3-7-11(12)15(16,17)18/h5-6,9-12,19H,3-4,7-8H2,1-2H3. The summed E-state index contributed by atoms with van der Waals surface area (Å²) in [5.41, 5.74) is 1.69. The first-order chi connectivity index (χ1) is 9.39. The zero-order chi connectivity index (χ0) is 14.8. The summed E-state index contributed by atoms with van der Waals surface area (Å²) in [6.07, 6.45) is -1.80. The summed E-state index contributed by atoms with van der Waals surface area (Å²) >= 11 is 0. The fraction of sp³-hybridized carbons (Fsp3) is 0.600. The summed E-state index contributed by atoms with van der Waals surface area (Å²) in [5, 5.41) is 3.13. The van der Waals surface area contributed by atoms with Crippen LogP contribution in [-0.2, 0) is 0 Å². The van der Waals surface area contributed by atoms with E-state index in [1.165, 1.54) is 0 Å². The number of halogens is 3. The van der Waals surface area contributed by atoms with Gasteiger partial charge in [0.2, 0.25) is 0 Å². The molecule has 0 heterocycles. The number of para-hydroxylation sites is 2. The Morgan fingerprint density at radius 1 is 1.10 bits per heavy atom. The van der Waals surface area contributed by atoms with Gasteiger partial charge in [-0.25, -0.2) is 0 Å². The lowest BCUT2D eigenvalue weighted by Gasteiger charge is -2.35. The van der Waals surface area contributed by atoms with E-state index in [1.54, 1.807) is 0 Å². The molecule has 0 aliphatic heterocycles.